The summed E-state index contributed by atoms with van der Waals surface area (Å²) in [5.41, 5.74) is 5.90. The minimum Gasteiger partial charge on any atom is -0.358 e. The molecule has 0 amide bonds. The van der Waals surface area contributed by atoms with E-state index in [-0.39, 0.29) is 5.82 Å². The standard InChI is InChI=1S/C25H21FN2S/c26-21-9-5-6-18(14-21)15-28-17-23(22-10-3-4-11-24(22)28)25(29)27-13-12-19-7-1-2-8-20(19)16-27/h1-11,14,17H,12-13,15-16H2. The van der Waals surface area contributed by atoms with Crippen molar-refractivity contribution in [2.75, 3.05) is 6.54 Å². The minimum atomic E-state index is -0.207. The average Bonchev–Trinajstić information content (AvgIpc) is 3.11. The lowest BCUT2D eigenvalue weighted by molar-refractivity contribution is 0.401. The molecule has 1 aliphatic rings. The average molecular weight is 401 g/mol. The summed E-state index contributed by atoms with van der Waals surface area (Å²) in [7, 11) is 0. The Hall–Kier alpha value is -2.98. The Morgan fingerprint density at radius 3 is 2.59 bits per heavy atom. The van der Waals surface area contributed by atoms with Gasteiger partial charge in [-0.15, -0.1) is 0 Å². The van der Waals surface area contributed by atoms with Crippen LogP contribution in [0.5, 0.6) is 0 Å². The zero-order valence-electron chi connectivity index (χ0n) is 16.0. The van der Waals surface area contributed by atoms with Crippen molar-refractivity contribution in [2.45, 2.75) is 19.5 Å². The molecule has 0 aliphatic carbocycles. The number of rotatable bonds is 3. The number of aromatic nitrogens is 1. The first kappa shape index (κ1) is 18.1. The quantitative estimate of drug-likeness (QED) is 0.416. The number of hydrogen-bond acceptors (Lipinski definition) is 1. The summed E-state index contributed by atoms with van der Waals surface area (Å²) in [6, 6.07) is 23.7. The van der Waals surface area contributed by atoms with Crippen LogP contribution in [0.15, 0.2) is 79.0 Å². The van der Waals surface area contributed by atoms with E-state index in [9.17, 15) is 4.39 Å². The minimum absolute atomic E-state index is 0.207. The fourth-order valence-corrected chi connectivity index (χ4v) is 4.54. The molecule has 2 nitrogen and oxygen atoms in total. The zero-order chi connectivity index (χ0) is 19.8. The maximum absolute atomic E-state index is 13.6. The SMILES string of the molecule is Fc1cccc(Cn2cc(C(=S)N3CCc4ccccc4C3)c3ccccc32)c1. The molecule has 0 N–H and O–H groups in total. The van der Waals surface area contributed by atoms with Crippen LogP contribution in [0, 0.1) is 5.82 Å². The Bertz CT molecular complexity index is 1210. The third-order valence-electron chi connectivity index (χ3n) is 5.68. The molecule has 144 valence electrons. The van der Waals surface area contributed by atoms with E-state index in [2.05, 4.69) is 52.1 Å². The lowest BCUT2D eigenvalue weighted by Gasteiger charge is -2.30. The molecule has 0 unspecified atom stereocenters. The van der Waals surface area contributed by atoms with Crippen molar-refractivity contribution >= 4 is 28.1 Å². The molecule has 29 heavy (non-hydrogen) atoms. The van der Waals surface area contributed by atoms with Gasteiger partial charge in [-0.25, -0.2) is 4.39 Å². The van der Waals surface area contributed by atoms with Crippen LogP contribution in [-0.4, -0.2) is 21.0 Å². The van der Waals surface area contributed by atoms with Crippen molar-refractivity contribution in [1.82, 2.24) is 9.47 Å². The van der Waals surface area contributed by atoms with Gasteiger partial charge in [-0.2, -0.15) is 0 Å². The molecule has 3 aromatic carbocycles. The maximum atomic E-state index is 13.6. The van der Waals surface area contributed by atoms with Crippen LogP contribution in [0.2, 0.25) is 0 Å². The topological polar surface area (TPSA) is 8.17 Å². The summed E-state index contributed by atoms with van der Waals surface area (Å²) in [5, 5.41) is 1.15. The fourth-order valence-electron chi connectivity index (χ4n) is 4.22. The van der Waals surface area contributed by atoms with E-state index in [4.69, 9.17) is 12.2 Å². The van der Waals surface area contributed by atoms with E-state index in [1.165, 1.54) is 17.2 Å². The molecule has 5 rings (SSSR count). The fraction of sp³-hybridized carbons (Fsp3) is 0.160. The number of nitrogens with zero attached hydrogens (tertiary/aromatic N) is 2. The van der Waals surface area contributed by atoms with E-state index in [0.717, 1.165) is 46.5 Å². The van der Waals surface area contributed by atoms with Gasteiger partial charge in [-0.1, -0.05) is 66.8 Å². The van der Waals surface area contributed by atoms with Gasteiger partial charge in [0.05, 0.1) is 0 Å². The molecule has 0 spiro atoms. The highest BCUT2D eigenvalue weighted by molar-refractivity contribution is 7.80. The molecule has 0 saturated carbocycles. The number of fused-ring (bicyclic) bond motifs is 2. The molecule has 0 radical (unpaired) electrons. The third-order valence-corrected chi connectivity index (χ3v) is 6.16. The molecule has 4 heteroatoms. The molecule has 0 bridgehead atoms. The van der Waals surface area contributed by atoms with Crippen molar-refractivity contribution in [2.24, 2.45) is 0 Å². The molecular formula is C25H21FN2S. The van der Waals surface area contributed by atoms with Crippen LogP contribution in [0.3, 0.4) is 0 Å². The Morgan fingerprint density at radius 1 is 0.931 bits per heavy atom. The second-order valence-electron chi connectivity index (χ2n) is 7.56. The first-order valence-electron chi connectivity index (χ1n) is 9.87. The monoisotopic (exact) mass is 400 g/mol. The van der Waals surface area contributed by atoms with Gasteiger partial charge < -0.3 is 9.47 Å². The molecule has 1 aromatic heterocycles. The van der Waals surface area contributed by atoms with Crippen LogP contribution in [-0.2, 0) is 19.5 Å². The van der Waals surface area contributed by atoms with Gasteiger partial charge in [0.1, 0.15) is 10.8 Å². The molecule has 0 saturated heterocycles. The zero-order valence-corrected chi connectivity index (χ0v) is 16.8. The van der Waals surface area contributed by atoms with Gasteiger partial charge in [0.2, 0.25) is 0 Å². The van der Waals surface area contributed by atoms with Crippen molar-refractivity contribution in [3.05, 3.63) is 107 Å². The second kappa shape index (κ2) is 7.45. The summed E-state index contributed by atoms with van der Waals surface area (Å²) < 4.78 is 15.8. The Kier molecular flexibility index (Phi) is 4.64. The van der Waals surface area contributed by atoms with Crippen molar-refractivity contribution in [3.63, 3.8) is 0 Å². The highest BCUT2D eigenvalue weighted by Crippen LogP contribution is 2.27. The van der Waals surface area contributed by atoms with Crippen LogP contribution in [0.4, 0.5) is 4.39 Å². The highest BCUT2D eigenvalue weighted by atomic mass is 32.1. The predicted molar refractivity (Wildman–Crippen MR) is 120 cm³/mol. The van der Waals surface area contributed by atoms with Crippen molar-refractivity contribution < 1.29 is 4.39 Å². The Balaban J connectivity index is 1.50. The predicted octanol–water partition coefficient (Wildman–Crippen LogP) is 5.56. The van der Waals surface area contributed by atoms with Gasteiger partial charge >= 0.3 is 0 Å². The van der Waals surface area contributed by atoms with E-state index in [1.807, 2.05) is 18.2 Å². The molecule has 2 heterocycles. The van der Waals surface area contributed by atoms with E-state index >= 15 is 0 Å². The second-order valence-corrected chi connectivity index (χ2v) is 7.95. The van der Waals surface area contributed by atoms with Gasteiger partial charge in [-0.05, 0) is 41.3 Å². The first-order chi connectivity index (χ1) is 14.2. The van der Waals surface area contributed by atoms with Gasteiger partial charge in [0.25, 0.3) is 0 Å². The summed E-state index contributed by atoms with van der Waals surface area (Å²) in [4.78, 5) is 3.18. The molecule has 1 aliphatic heterocycles. The highest BCUT2D eigenvalue weighted by Gasteiger charge is 2.21. The lowest BCUT2D eigenvalue weighted by atomic mass is 9.99. The molecule has 4 aromatic rings. The normalized spacial score (nSPS) is 13.5. The Labute approximate surface area is 175 Å². The van der Waals surface area contributed by atoms with Crippen LogP contribution >= 0.6 is 12.2 Å². The number of para-hydroxylation sites is 1. The van der Waals surface area contributed by atoms with Gasteiger partial charge in [0.15, 0.2) is 0 Å². The van der Waals surface area contributed by atoms with Crippen LogP contribution in [0.1, 0.15) is 22.3 Å². The molecule has 0 fully saturated rings. The summed E-state index contributed by atoms with van der Waals surface area (Å²) >= 11 is 5.95. The molecular weight excluding hydrogens is 379 g/mol. The number of benzene rings is 3. The van der Waals surface area contributed by atoms with Gasteiger partial charge in [0, 0.05) is 42.3 Å². The van der Waals surface area contributed by atoms with Crippen molar-refractivity contribution in [1.29, 1.82) is 0 Å². The molecule has 0 atom stereocenters. The number of halogens is 1. The summed E-state index contributed by atoms with van der Waals surface area (Å²) in [6.07, 6.45) is 3.14. The van der Waals surface area contributed by atoms with E-state index < -0.39 is 0 Å². The van der Waals surface area contributed by atoms with Gasteiger partial charge in [-0.3, -0.25) is 0 Å². The van der Waals surface area contributed by atoms with Crippen LogP contribution < -0.4 is 0 Å². The van der Waals surface area contributed by atoms with E-state index in [1.54, 1.807) is 12.1 Å². The largest absolute Gasteiger partial charge is 0.358 e. The third kappa shape index (κ3) is 3.45. The summed E-state index contributed by atoms with van der Waals surface area (Å²) in [6.45, 7) is 2.39. The Morgan fingerprint density at radius 2 is 1.72 bits per heavy atom. The first-order valence-corrected chi connectivity index (χ1v) is 10.3. The number of hydrogen-bond donors (Lipinski definition) is 0. The smallest absolute Gasteiger partial charge is 0.123 e. The lowest BCUT2D eigenvalue weighted by Crippen LogP contribution is -2.35. The van der Waals surface area contributed by atoms with E-state index in [0.29, 0.717) is 6.54 Å². The summed E-state index contributed by atoms with van der Waals surface area (Å²) in [5.74, 6) is -0.207. The van der Waals surface area contributed by atoms with Crippen molar-refractivity contribution in [3.8, 4) is 0 Å². The number of thiocarbonyl (C=S) groups is 1. The maximum Gasteiger partial charge on any atom is 0.123 e. The van der Waals surface area contributed by atoms with Crippen LogP contribution in [0.25, 0.3) is 10.9 Å².